The molecule has 0 saturated carbocycles. The van der Waals surface area contributed by atoms with Gasteiger partial charge in [-0.15, -0.1) is 0 Å². The fraction of sp³-hybridized carbons (Fsp3) is 0.462. The lowest BCUT2D eigenvalue weighted by atomic mass is 10.1. The maximum Gasteiger partial charge on any atom is 0.220 e. The number of aromatic nitrogens is 4. The molecule has 0 atom stereocenters. The molecule has 1 saturated heterocycles. The Morgan fingerprint density at radius 2 is 2.11 bits per heavy atom. The van der Waals surface area contributed by atoms with E-state index in [4.69, 9.17) is 5.73 Å². The molecular weight excluding hydrogens is 240 g/mol. The smallest absolute Gasteiger partial charge is 0.220 e. The monoisotopic (exact) mass is 258 g/mol. The first-order chi connectivity index (χ1) is 9.25. The average Bonchev–Trinajstić information content (AvgIpc) is 2.82. The molecule has 0 radical (unpaired) electrons. The molecule has 0 aliphatic carbocycles. The molecule has 6 nitrogen and oxygen atoms in total. The number of hydrogen-bond donors (Lipinski definition) is 2. The average molecular weight is 258 g/mol. The second-order valence-corrected chi connectivity index (χ2v) is 4.87. The van der Waals surface area contributed by atoms with Gasteiger partial charge < -0.3 is 15.6 Å². The van der Waals surface area contributed by atoms with E-state index < -0.39 is 0 Å². The van der Waals surface area contributed by atoms with Crippen LogP contribution in [0.5, 0.6) is 0 Å². The van der Waals surface area contributed by atoms with Crippen LogP contribution in [-0.2, 0) is 0 Å². The zero-order chi connectivity index (χ0) is 13.2. The van der Waals surface area contributed by atoms with E-state index >= 15 is 0 Å². The molecule has 1 aliphatic heterocycles. The van der Waals surface area contributed by atoms with Crippen LogP contribution in [0.4, 0.5) is 5.95 Å². The summed E-state index contributed by atoms with van der Waals surface area (Å²) in [5.41, 5.74) is 8.57. The summed E-state index contributed by atoms with van der Waals surface area (Å²) in [4.78, 5) is 12.7. The van der Waals surface area contributed by atoms with Crippen LogP contribution in [0, 0.1) is 6.92 Å². The minimum Gasteiger partial charge on any atom is -0.368 e. The molecular formula is C13H18N6. The fourth-order valence-electron chi connectivity index (χ4n) is 2.64. The topological polar surface area (TPSA) is 81.7 Å². The van der Waals surface area contributed by atoms with Crippen LogP contribution in [-0.4, -0.2) is 32.6 Å². The predicted molar refractivity (Wildman–Crippen MR) is 73.5 cm³/mol. The van der Waals surface area contributed by atoms with Gasteiger partial charge in [-0.3, -0.25) is 0 Å². The molecule has 0 aromatic carbocycles. The summed E-state index contributed by atoms with van der Waals surface area (Å²) in [5.74, 6) is 0.301. The number of nitrogens with two attached hydrogens (primary N) is 1. The molecule has 0 bridgehead atoms. The molecule has 3 heterocycles. The van der Waals surface area contributed by atoms with Crippen molar-refractivity contribution in [3.63, 3.8) is 0 Å². The lowest BCUT2D eigenvalue weighted by molar-refractivity contribution is 0.370. The van der Waals surface area contributed by atoms with Crippen LogP contribution in [0.1, 0.15) is 24.6 Å². The third-order valence-corrected chi connectivity index (χ3v) is 3.60. The third-order valence-electron chi connectivity index (χ3n) is 3.60. The standard InChI is InChI=1S/C13H18N6/c1-9-12(11-4-7-16-13(14)18-11)19(8-17-9)10-2-5-15-6-3-10/h4,7-8,10,15H,2-3,5-6H2,1H3,(H2,14,16,18). The Morgan fingerprint density at radius 1 is 1.32 bits per heavy atom. The number of aryl methyl sites for hydroxylation is 1. The van der Waals surface area contributed by atoms with Crippen LogP contribution in [0.3, 0.4) is 0 Å². The quantitative estimate of drug-likeness (QED) is 0.844. The van der Waals surface area contributed by atoms with Crippen LogP contribution in [0.2, 0.25) is 0 Å². The van der Waals surface area contributed by atoms with Gasteiger partial charge in [0.25, 0.3) is 0 Å². The summed E-state index contributed by atoms with van der Waals surface area (Å²) in [7, 11) is 0. The van der Waals surface area contributed by atoms with Crippen LogP contribution >= 0.6 is 0 Å². The van der Waals surface area contributed by atoms with E-state index in [2.05, 4.69) is 24.8 Å². The van der Waals surface area contributed by atoms with Crippen molar-refractivity contribution in [3.05, 3.63) is 24.3 Å². The Bertz CT molecular complexity index is 570. The highest BCUT2D eigenvalue weighted by molar-refractivity contribution is 5.58. The highest BCUT2D eigenvalue weighted by Gasteiger charge is 2.20. The van der Waals surface area contributed by atoms with E-state index in [1.807, 2.05) is 19.3 Å². The molecule has 19 heavy (non-hydrogen) atoms. The number of nitrogens with zero attached hydrogens (tertiary/aromatic N) is 4. The Morgan fingerprint density at radius 3 is 2.84 bits per heavy atom. The maximum absolute atomic E-state index is 5.68. The zero-order valence-corrected chi connectivity index (χ0v) is 11.0. The van der Waals surface area contributed by atoms with E-state index in [1.165, 1.54) is 0 Å². The molecule has 0 amide bonds. The lowest BCUT2D eigenvalue weighted by Gasteiger charge is -2.25. The number of anilines is 1. The summed E-state index contributed by atoms with van der Waals surface area (Å²) in [6.45, 7) is 4.10. The van der Waals surface area contributed by atoms with Crippen molar-refractivity contribution in [3.8, 4) is 11.4 Å². The largest absolute Gasteiger partial charge is 0.368 e. The van der Waals surface area contributed by atoms with E-state index in [-0.39, 0.29) is 0 Å². The zero-order valence-electron chi connectivity index (χ0n) is 11.0. The van der Waals surface area contributed by atoms with E-state index in [0.29, 0.717) is 12.0 Å². The first-order valence-corrected chi connectivity index (χ1v) is 6.59. The van der Waals surface area contributed by atoms with Crippen molar-refractivity contribution in [2.45, 2.75) is 25.8 Å². The van der Waals surface area contributed by atoms with Gasteiger partial charge in [0.15, 0.2) is 0 Å². The van der Waals surface area contributed by atoms with Gasteiger partial charge in [0, 0.05) is 12.2 Å². The number of nitrogens with one attached hydrogen (secondary N) is 1. The summed E-state index contributed by atoms with van der Waals surface area (Å²) in [6, 6.07) is 2.37. The van der Waals surface area contributed by atoms with E-state index in [9.17, 15) is 0 Å². The van der Waals surface area contributed by atoms with Gasteiger partial charge in [0.05, 0.1) is 23.4 Å². The summed E-state index contributed by atoms with van der Waals surface area (Å²) in [5, 5.41) is 3.38. The first-order valence-electron chi connectivity index (χ1n) is 6.59. The van der Waals surface area contributed by atoms with Gasteiger partial charge in [-0.2, -0.15) is 0 Å². The Hall–Kier alpha value is -1.95. The molecule has 2 aromatic heterocycles. The minimum absolute atomic E-state index is 0.301. The van der Waals surface area contributed by atoms with Crippen molar-refractivity contribution in [1.29, 1.82) is 0 Å². The van der Waals surface area contributed by atoms with Crippen molar-refractivity contribution >= 4 is 5.95 Å². The molecule has 3 N–H and O–H groups in total. The predicted octanol–water partition coefficient (Wildman–Crippen LogP) is 1.16. The SMILES string of the molecule is Cc1ncn(C2CCNCC2)c1-c1ccnc(N)n1. The summed E-state index contributed by atoms with van der Waals surface area (Å²) in [6.07, 6.45) is 5.84. The first kappa shape index (κ1) is 12.1. The molecule has 0 spiro atoms. The molecule has 3 rings (SSSR count). The number of imidazole rings is 1. The normalized spacial score (nSPS) is 16.7. The lowest BCUT2D eigenvalue weighted by Crippen LogP contribution is -2.29. The Labute approximate surface area is 112 Å². The number of hydrogen-bond acceptors (Lipinski definition) is 5. The van der Waals surface area contributed by atoms with Crippen molar-refractivity contribution in [1.82, 2.24) is 24.8 Å². The Kier molecular flexibility index (Phi) is 3.16. The molecule has 100 valence electrons. The number of piperidine rings is 1. The van der Waals surface area contributed by atoms with E-state index in [0.717, 1.165) is 43.0 Å². The third kappa shape index (κ3) is 2.31. The Balaban J connectivity index is 2.03. The van der Waals surface area contributed by atoms with E-state index in [1.54, 1.807) is 6.20 Å². The van der Waals surface area contributed by atoms with Crippen LogP contribution in [0.15, 0.2) is 18.6 Å². The second kappa shape index (κ2) is 4.97. The van der Waals surface area contributed by atoms with Gasteiger partial charge in [0.1, 0.15) is 0 Å². The van der Waals surface area contributed by atoms with Crippen molar-refractivity contribution < 1.29 is 0 Å². The molecule has 6 heteroatoms. The minimum atomic E-state index is 0.301. The van der Waals surface area contributed by atoms with Gasteiger partial charge in [0.2, 0.25) is 5.95 Å². The second-order valence-electron chi connectivity index (χ2n) is 4.87. The van der Waals surface area contributed by atoms with Crippen molar-refractivity contribution in [2.75, 3.05) is 18.8 Å². The molecule has 0 unspecified atom stereocenters. The maximum atomic E-state index is 5.68. The fourth-order valence-corrected chi connectivity index (χ4v) is 2.64. The molecule has 1 fully saturated rings. The molecule has 2 aromatic rings. The highest BCUT2D eigenvalue weighted by atomic mass is 15.1. The van der Waals surface area contributed by atoms with Gasteiger partial charge in [-0.05, 0) is 38.9 Å². The van der Waals surface area contributed by atoms with Crippen molar-refractivity contribution in [2.24, 2.45) is 0 Å². The number of rotatable bonds is 2. The van der Waals surface area contributed by atoms with Gasteiger partial charge in [-0.25, -0.2) is 15.0 Å². The van der Waals surface area contributed by atoms with Gasteiger partial charge >= 0.3 is 0 Å². The highest BCUT2D eigenvalue weighted by Crippen LogP contribution is 2.28. The molecule has 1 aliphatic rings. The summed E-state index contributed by atoms with van der Waals surface area (Å²) >= 11 is 0. The van der Waals surface area contributed by atoms with Gasteiger partial charge in [-0.1, -0.05) is 0 Å². The summed E-state index contributed by atoms with van der Waals surface area (Å²) < 4.78 is 2.23. The number of nitrogen functional groups attached to an aromatic ring is 1. The van der Waals surface area contributed by atoms with Crippen LogP contribution in [0.25, 0.3) is 11.4 Å². The van der Waals surface area contributed by atoms with Crippen LogP contribution < -0.4 is 11.1 Å².